The van der Waals surface area contributed by atoms with Crippen LogP contribution in [0, 0.1) is 0 Å². The summed E-state index contributed by atoms with van der Waals surface area (Å²) in [6, 6.07) is 0. The van der Waals surface area contributed by atoms with Crippen LogP contribution in [0.1, 0.15) is 38.2 Å². The molecule has 1 rings (SSSR count). The van der Waals surface area contributed by atoms with E-state index in [-0.39, 0.29) is 0 Å². The van der Waals surface area contributed by atoms with Gasteiger partial charge < -0.3 is 10.6 Å². The summed E-state index contributed by atoms with van der Waals surface area (Å²) in [7, 11) is 1.96. The van der Waals surface area contributed by atoms with Crippen molar-refractivity contribution in [3.8, 4) is 0 Å². The van der Waals surface area contributed by atoms with Crippen LogP contribution in [0.25, 0.3) is 0 Å². The Morgan fingerprint density at radius 1 is 1.18 bits per heavy atom. The second-order valence-corrected chi connectivity index (χ2v) is 4.41. The van der Waals surface area contributed by atoms with Gasteiger partial charge in [-0.05, 0) is 18.4 Å². The molecule has 1 heterocycles. The predicted octanol–water partition coefficient (Wildman–Crippen LogP) is 1.99. The van der Waals surface area contributed by atoms with Crippen LogP contribution in [0.2, 0.25) is 0 Å². The average molecular weight is 236 g/mol. The highest BCUT2D eigenvalue weighted by molar-refractivity contribution is 5.28. The third-order valence-corrected chi connectivity index (χ3v) is 2.82. The van der Waals surface area contributed by atoms with Gasteiger partial charge in [0.1, 0.15) is 0 Å². The molecule has 0 spiro atoms. The predicted molar refractivity (Wildman–Crippen MR) is 72.2 cm³/mol. The first kappa shape index (κ1) is 13.9. The molecule has 0 aliphatic rings. The molecule has 0 atom stereocenters. The van der Waals surface area contributed by atoms with Crippen molar-refractivity contribution in [2.75, 3.05) is 25.0 Å². The van der Waals surface area contributed by atoms with E-state index in [2.05, 4.69) is 16.9 Å². The number of rotatable bonds is 8. The van der Waals surface area contributed by atoms with Crippen molar-refractivity contribution in [2.24, 2.45) is 5.73 Å². The zero-order valence-electron chi connectivity index (χ0n) is 11.0. The van der Waals surface area contributed by atoms with E-state index in [0.717, 1.165) is 18.9 Å². The Kier molecular flexibility index (Phi) is 6.55. The molecule has 0 fully saturated rings. The molecule has 0 aliphatic carbocycles. The minimum Gasteiger partial charge on any atom is -0.343 e. The molecular formula is C13H24N4. The molecule has 1 aromatic heterocycles. The molecule has 17 heavy (non-hydrogen) atoms. The molecule has 4 nitrogen and oxygen atoms in total. The summed E-state index contributed by atoms with van der Waals surface area (Å²) in [5, 5.41) is 0. The van der Waals surface area contributed by atoms with Gasteiger partial charge in [-0.1, -0.05) is 26.2 Å². The van der Waals surface area contributed by atoms with Gasteiger partial charge in [0.25, 0.3) is 0 Å². The van der Waals surface area contributed by atoms with Crippen LogP contribution < -0.4 is 10.6 Å². The number of hydrogen-bond donors (Lipinski definition) is 1. The highest BCUT2D eigenvalue weighted by Gasteiger charge is 2.02. The highest BCUT2D eigenvalue weighted by Crippen LogP contribution is 2.08. The van der Waals surface area contributed by atoms with Crippen molar-refractivity contribution >= 4 is 5.95 Å². The maximum atomic E-state index is 5.49. The van der Waals surface area contributed by atoms with Gasteiger partial charge in [-0.25, -0.2) is 9.97 Å². The van der Waals surface area contributed by atoms with Crippen LogP contribution in [-0.4, -0.2) is 30.1 Å². The molecular weight excluding hydrogens is 212 g/mol. The van der Waals surface area contributed by atoms with Crippen LogP contribution >= 0.6 is 0 Å². The normalized spacial score (nSPS) is 10.5. The summed E-state index contributed by atoms with van der Waals surface area (Å²) in [5.41, 5.74) is 6.72. The zero-order valence-corrected chi connectivity index (χ0v) is 11.0. The summed E-state index contributed by atoms with van der Waals surface area (Å²) < 4.78 is 0. The Hall–Kier alpha value is -1.16. The number of likely N-dealkylation sites (N-methyl/N-ethyl adjacent to an activating group) is 1. The van der Waals surface area contributed by atoms with Crippen LogP contribution in [0.5, 0.6) is 0 Å². The van der Waals surface area contributed by atoms with Crippen molar-refractivity contribution in [3.05, 3.63) is 18.0 Å². The lowest BCUT2D eigenvalue weighted by atomic mass is 10.1. The monoisotopic (exact) mass is 236 g/mol. The summed E-state index contributed by atoms with van der Waals surface area (Å²) in [6.45, 7) is 3.64. The first-order chi connectivity index (χ1) is 8.27. The van der Waals surface area contributed by atoms with Gasteiger partial charge in [-0.2, -0.15) is 0 Å². The Labute approximate surface area is 104 Å². The number of aromatic nitrogens is 2. The van der Waals surface area contributed by atoms with Crippen molar-refractivity contribution in [1.82, 2.24) is 9.97 Å². The van der Waals surface area contributed by atoms with E-state index in [0.29, 0.717) is 6.54 Å². The Bertz CT molecular complexity index is 297. The summed E-state index contributed by atoms with van der Waals surface area (Å²) in [6.07, 6.45) is 10.1. The first-order valence-electron chi connectivity index (χ1n) is 6.50. The summed E-state index contributed by atoms with van der Waals surface area (Å²) >= 11 is 0. The number of hydrogen-bond acceptors (Lipinski definition) is 4. The third-order valence-electron chi connectivity index (χ3n) is 2.82. The van der Waals surface area contributed by atoms with E-state index in [1.165, 1.54) is 31.2 Å². The molecule has 0 aliphatic heterocycles. The number of nitrogens with zero attached hydrogens (tertiary/aromatic N) is 3. The molecule has 0 aromatic carbocycles. The number of unbranched alkanes of at least 4 members (excludes halogenated alkanes) is 3. The average Bonchev–Trinajstić information content (AvgIpc) is 2.36. The SMILES string of the molecule is CCCCCCc1cnc(N(C)CCN)nc1. The van der Waals surface area contributed by atoms with Gasteiger partial charge in [0.05, 0.1) is 0 Å². The fourth-order valence-electron chi connectivity index (χ4n) is 1.72. The maximum absolute atomic E-state index is 5.49. The highest BCUT2D eigenvalue weighted by atomic mass is 15.2. The second kappa shape index (κ2) is 8.01. The molecule has 0 bridgehead atoms. The molecule has 2 N–H and O–H groups in total. The van der Waals surface area contributed by atoms with Crippen LogP contribution in [0.15, 0.2) is 12.4 Å². The number of aryl methyl sites for hydroxylation is 1. The van der Waals surface area contributed by atoms with Gasteiger partial charge in [-0.3, -0.25) is 0 Å². The Morgan fingerprint density at radius 3 is 2.47 bits per heavy atom. The van der Waals surface area contributed by atoms with E-state index >= 15 is 0 Å². The lowest BCUT2D eigenvalue weighted by Gasteiger charge is -2.15. The first-order valence-corrected chi connectivity index (χ1v) is 6.50. The molecule has 0 radical (unpaired) electrons. The van der Waals surface area contributed by atoms with Crippen molar-refractivity contribution in [1.29, 1.82) is 0 Å². The molecule has 0 amide bonds. The Morgan fingerprint density at radius 2 is 1.88 bits per heavy atom. The van der Waals surface area contributed by atoms with Gasteiger partial charge in [0, 0.05) is 32.5 Å². The van der Waals surface area contributed by atoms with E-state index in [1.807, 2.05) is 24.3 Å². The largest absolute Gasteiger partial charge is 0.343 e. The minimum atomic E-state index is 0.624. The lowest BCUT2D eigenvalue weighted by Crippen LogP contribution is -2.26. The van der Waals surface area contributed by atoms with E-state index in [9.17, 15) is 0 Å². The lowest BCUT2D eigenvalue weighted by molar-refractivity contribution is 0.664. The Balaban J connectivity index is 2.39. The standard InChI is InChI=1S/C13H24N4/c1-3-4-5-6-7-12-10-15-13(16-11-12)17(2)9-8-14/h10-11H,3-9,14H2,1-2H3. The van der Waals surface area contributed by atoms with Crippen molar-refractivity contribution in [2.45, 2.75) is 39.0 Å². The van der Waals surface area contributed by atoms with E-state index < -0.39 is 0 Å². The quantitative estimate of drug-likeness (QED) is 0.701. The summed E-state index contributed by atoms with van der Waals surface area (Å²) in [5.74, 6) is 0.757. The molecule has 4 heteroatoms. The van der Waals surface area contributed by atoms with Crippen LogP contribution in [0.4, 0.5) is 5.95 Å². The van der Waals surface area contributed by atoms with Gasteiger partial charge in [-0.15, -0.1) is 0 Å². The zero-order chi connectivity index (χ0) is 12.5. The summed E-state index contributed by atoms with van der Waals surface area (Å²) in [4.78, 5) is 10.7. The van der Waals surface area contributed by atoms with E-state index in [4.69, 9.17) is 5.73 Å². The second-order valence-electron chi connectivity index (χ2n) is 4.41. The fraction of sp³-hybridized carbons (Fsp3) is 0.692. The molecule has 0 saturated carbocycles. The van der Waals surface area contributed by atoms with Crippen molar-refractivity contribution < 1.29 is 0 Å². The molecule has 1 aromatic rings. The topological polar surface area (TPSA) is 55.0 Å². The number of nitrogens with two attached hydrogens (primary N) is 1. The fourth-order valence-corrected chi connectivity index (χ4v) is 1.72. The molecule has 0 unspecified atom stereocenters. The molecule has 96 valence electrons. The van der Waals surface area contributed by atoms with Gasteiger partial charge in [0.2, 0.25) is 5.95 Å². The van der Waals surface area contributed by atoms with E-state index in [1.54, 1.807) is 0 Å². The van der Waals surface area contributed by atoms with Crippen LogP contribution in [0.3, 0.4) is 0 Å². The smallest absolute Gasteiger partial charge is 0.225 e. The van der Waals surface area contributed by atoms with Crippen LogP contribution in [-0.2, 0) is 6.42 Å². The minimum absolute atomic E-state index is 0.624. The third kappa shape index (κ3) is 5.13. The number of anilines is 1. The maximum Gasteiger partial charge on any atom is 0.225 e. The van der Waals surface area contributed by atoms with Gasteiger partial charge >= 0.3 is 0 Å². The van der Waals surface area contributed by atoms with Gasteiger partial charge in [0.15, 0.2) is 0 Å². The molecule has 0 saturated heterocycles. The van der Waals surface area contributed by atoms with Crippen molar-refractivity contribution in [3.63, 3.8) is 0 Å².